The molecule has 0 saturated heterocycles. The molecule has 0 aliphatic heterocycles. The Balaban J connectivity index is 2.68. The quantitative estimate of drug-likeness (QED) is 0.751. The van der Waals surface area contributed by atoms with E-state index in [1.54, 1.807) is 13.1 Å². The summed E-state index contributed by atoms with van der Waals surface area (Å²) in [5.74, 6) is 0. The SMILES string of the molecule is CC(O)CCN(C)c1cccnc1CN. The van der Waals surface area contributed by atoms with Crippen molar-refractivity contribution in [2.75, 3.05) is 18.5 Å². The predicted molar refractivity (Wildman–Crippen MR) is 61.7 cm³/mol. The van der Waals surface area contributed by atoms with Gasteiger partial charge in [-0.25, -0.2) is 0 Å². The van der Waals surface area contributed by atoms with Gasteiger partial charge in [0, 0.05) is 26.3 Å². The van der Waals surface area contributed by atoms with E-state index in [2.05, 4.69) is 9.88 Å². The molecule has 0 saturated carbocycles. The van der Waals surface area contributed by atoms with Gasteiger partial charge in [0.05, 0.1) is 17.5 Å². The highest BCUT2D eigenvalue weighted by molar-refractivity contribution is 5.49. The largest absolute Gasteiger partial charge is 0.393 e. The van der Waals surface area contributed by atoms with Gasteiger partial charge >= 0.3 is 0 Å². The zero-order valence-electron chi connectivity index (χ0n) is 9.35. The molecule has 1 rings (SSSR count). The molecule has 0 radical (unpaired) electrons. The fraction of sp³-hybridized carbons (Fsp3) is 0.545. The molecule has 1 unspecified atom stereocenters. The van der Waals surface area contributed by atoms with Crippen molar-refractivity contribution in [2.45, 2.75) is 26.0 Å². The van der Waals surface area contributed by atoms with Crippen LogP contribution >= 0.6 is 0 Å². The molecule has 0 spiro atoms. The van der Waals surface area contributed by atoms with Crippen LogP contribution in [-0.2, 0) is 6.54 Å². The van der Waals surface area contributed by atoms with Crippen molar-refractivity contribution < 1.29 is 5.11 Å². The van der Waals surface area contributed by atoms with Crippen molar-refractivity contribution in [1.29, 1.82) is 0 Å². The van der Waals surface area contributed by atoms with Crippen LogP contribution in [0.25, 0.3) is 0 Å². The normalized spacial score (nSPS) is 12.5. The van der Waals surface area contributed by atoms with E-state index in [9.17, 15) is 5.11 Å². The van der Waals surface area contributed by atoms with E-state index in [0.717, 1.165) is 24.3 Å². The van der Waals surface area contributed by atoms with Crippen LogP contribution in [0.2, 0.25) is 0 Å². The van der Waals surface area contributed by atoms with Crippen molar-refractivity contribution in [3.05, 3.63) is 24.0 Å². The molecule has 1 aromatic heterocycles. The van der Waals surface area contributed by atoms with Gasteiger partial charge in [-0.05, 0) is 25.5 Å². The Hall–Kier alpha value is -1.13. The van der Waals surface area contributed by atoms with Crippen LogP contribution in [0.1, 0.15) is 19.0 Å². The van der Waals surface area contributed by atoms with Crippen LogP contribution in [0, 0.1) is 0 Å². The Labute approximate surface area is 90.7 Å². The number of anilines is 1. The molecule has 0 fully saturated rings. The number of hydrogen-bond acceptors (Lipinski definition) is 4. The summed E-state index contributed by atoms with van der Waals surface area (Å²) in [4.78, 5) is 6.29. The van der Waals surface area contributed by atoms with Gasteiger partial charge in [-0.15, -0.1) is 0 Å². The molecular weight excluding hydrogens is 190 g/mol. The molecule has 4 heteroatoms. The van der Waals surface area contributed by atoms with Crippen LogP contribution in [0.4, 0.5) is 5.69 Å². The molecule has 84 valence electrons. The Morgan fingerprint density at radius 2 is 2.33 bits per heavy atom. The van der Waals surface area contributed by atoms with Crippen molar-refractivity contribution >= 4 is 5.69 Å². The van der Waals surface area contributed by atoms with Gasteiger partial charge in [0.25, 0.3) is 0 Å². The number of nitrogens with zero attached hydrogens (tertiary/aromatic N) is 2. The summed E-state index contributed by atoms with van der Waals surface area (Å²) in [6.07, 6.45) is 2.22. The van der Waals surface area contributed by atoms with Crippen LogP contribution in [0.5, 0.6) is 0 Å². The summed E-state index contributed by atoms with van der Waals surface area (Å²) in [7, 11) is 1.98. The van der Waals surface area contributed by atoms with Crippen LogP contribution in [0.3, 0.4) is 0 Å². The lowest BCUT2D eigenvalue weighted by Gasteiger charge is -2.21. The third-order valence-electron chi connectivity index (χ3n) is 2.35. The first-order chi connectivity index (χ1) is 7.15. The van der Waals surface area contributed by atoms with Gasteiger partial charge in [0.1, 0.15) is 0 Å². The van der Waals surface area contributed by atoms with E-state index in [4.69, 9.17) is 5.73 Å². The molecule has 0 bridgehead atoms. The number of pyridine rings is 1. The average molecular weight is 209 g/mol. The second-order valence-corrected chi connectivity index (χ2v) is 3.73. The number of aliphatic hydroxyl groups is 1. The van der Waals surface area contributed by atoms with E-state index >= 15 is 0 Å². The zero-order chi connectivity index (χ0) is 11.3. The number of hydrogen-bond donors (Lipinski definition) is 2. The second-order valence-electron chi connectivity index (χ2n) is 3.73. The molecular formula is C11H19N3O. The first kappa shape index (κ1) is 11.9. The number of aliphatic hydroxyl groups excluding tert-OH is 1. The minimum absolute atomic E-state index is 0.273. The highest BCUT2D eigenvalue weighted by Gasteiger charge is 2.07. The van der Waals surface area contributed by atoms with Gasteiger partial charge in [-0.1, -0.05) is 0 Å². The molecule has 0 aliphatic rings. The standard InChI is InChI=1S/C11H19N3O/c1-9(15)5-7-14(2)11-4-3-6-13-10(11)8-12/h3-4,6,9,15H,5,7-8,12H2,1-2H3. The third kappa shape index (κ3) is 3.49. The highest BCUT2D eigenvalue weighted by Crippen LogP contribution is 2.16. The molecule has 0 aromatic carbocycles. The smallest absolute Gasteiger partial charge is 0.0772 e. The molecule has 0 amide bonds. The van der Waals surface area contributed by atoms with E-state index < -0.39 is 0 Å². The number of aromatic nitrogens is 1. The first-order valence-corrected chi connectivity index (χ1v) is 5.18. The Bertz CT molecular complexity index is 302. The highest BCUT2D eigenvalue weighted by atomic mass is 16.3. The molecule has 0 aliphatic carbocycles. The topological polar surface area (TPSA) is 62.4 Å². The zero-order valence-corrected chi connectivity index (χ0v) is 9.35. The summed E-state index contributed by atoms with van der Waals surface area (Å²) in [6, 6.07) is 3.89. The summed E-state index contributed by atoms with van der Waals surface area (Å²) < 4.78 is 0. The molecule has 1 atom stereocenters. The van der Waals surface area contributed by atoms with Crippen molar-refractivity contribution in [2.24, 2.45) is 5.73 Å². The number of rotatable bonds is 5. The maximum absolute atomic E-state index is 9.21. The lowest BCUT2D eigenvalue weighted by atomic mass is 10.2. The Morgan fingerprint density at radius 1 is 1.60 bits per heavy atom. The van der Waals surface area contributed by atoms with Crippen molar-refractivity contribution in [1.82, 2.24) is 4.98 Å². The Kier molecular flexibility index (Phi) is 4.52. The molecule has 4 nitrogen and oxygen atoms in total. The average Bonchev–Trinajstić information content (AvgIpc) is 2.25. The van der Waals surface area contributed by atoms with E-state index in [0.29, 0.717) is 6.54 Å². The van der Waals surface area contributed by atoms with Crippen LogP contribution < -0.4 is 10.6 Å². The van der Waals surface area contributed by atoms with Gasteiger partial charge in [-0.3, -0.25) is 4.98 Å². The minimum Gasteiger partial charge on any atom is -0.393 e. The molecule has 15 heavy (non-hydrogen) atoms. The maximum Gasteiger partial charge on any atom is 0.0772 e. The fourth-order valence-corrected chi connectivity index (χ4v) is 1.44. The fourth-order valence-electron chi connectivity index (χ4n) is 1.44. The summed E-state index contributed by atoms with van der Waals surface area (Å²) >= 11 is 0. The molecule has 1 aromatic rings. The molecule has 1 heterocycles. The summed E-state index contributed by atoms with van der Waals surface area (Å²) in [6.45, 7) is 3.03. The van der Waals surface area contributed by atoms with Crippen molar-refractivity contribution in [3.63, 3.8) is 0 Å². The number of nitrogens with two attached hydrogens (primary N) is 1. The minimum atomic E-state index is -0.273. The first-order valence-electron chi connectivity index (χ1n) is 5.18. The summed E-state index contributed by atoms with van der Waals surface area (Å²) in [5, 5.41) is 9.21. The third-order valence-corrected chi connectivity index (χ3v) is 2.35. The van der Waals surface area contributed by atoms with Gasteiger partial charge < -0.3 is 15.7 Å². The van der Waals surface area contributed by atoms with Crippen LogP contribution in [0.15, 0.2) is 18.3 Å². The van der Waals surface area contributed by atoms with Gasteiger partial charge in [-0.2, -0.15) is 0 Å². The lowest BCUT2D eigenvalue weighted by Crippen LogP contribution is -2.23. The van der Waals surface area contributed by atoms with Crippen LogP contribution in [-0.4, -0.2) is 29.8 Å². The second kappa shape index (κ2) is 5.68. The van der Waals surface area contributed by atoms with E-state index in [-0.39, 0.29) is 6.10 Å². The molecule has 3 N–H and O–H groups in total. The van der Waals surface area contributed by atoms with Crippen molar-refractivity contribution in [3.8, 4) is 0 Å². The van der Waals surface area contributed by atoms with E-state index in [1.165, 1.54) is 0 Å². The van der Waals surface area contributed by atoms with Gasteiger partial charge in [0.2, 0.25) is 0 Å². The monoisotopic (exact) mass is 209 g/mol. The maximum atomic E-state index is 9.21. The lowest BCUT2D eigenvalue weighted by molar-refractivity contribution is 0.187. The summed E-state index contributed by atoms with van der Waals surface area (Å²) in [5.41, 5.74) is 7.54. The Morgan fingerprint density at radius 3 is 2.93 bits per heavy atom. The van der Waals surface area contributed by atoms with E-state index in [1.807, 2.05) is 19.2 Å². The van der Waals surface area contributed by atoms with Gasteiger partial charge in [0.15, 0.2) is 0 Å². The predicted octanol–water partition coefficient (Wildman–Crippen LogP) is 0.747.